The largest absolute Gasteiger partial charge is 0.480 e. The van der Waals surface area contributed by atoms with E-state index < -0.39 is 30.6 Å². The van der Waals surface area contributed by atoms with Crippen LogP contribution in [-0.4, -0.2) is 38.8 Å². The molecule has 112 valence electrons. The Morgan fingerprint density at radius 3 is 2.52 bits per heavy atom. The lowest BCUT2D eigenvalue weighted by atomic mass is 10.2. The number of aliphatic hydroxyl groups excluding tert-OH is 1. The number of halogens is 3. The van der Waals surface area contributed by atoms with Gasteiger partial charge in [0, 0.05) is 5.39 Å². The molecule has 2 aromatic rings. The monoisotopic (exact) mass is 301 g/mol. The Kier molecular flexibility index (Phi) is 3.94. The van der Waals surface area contributed by atoms with Gasteiger partial charge in [-0.3, -0.25) is 0 Å². The summed E-state index contributed by atoms with van der Waals surface area (Å²) in [5.41, 5.74) is 0.0180. The molecule has 0 radical (unpaired) electrons. The molecule has 0 fully saturated rings. The average Bonchev–Trinajstić information content (AvgIpc) is 2.42. The summed E-state index contributed by atoms with van der Waals surface area (Å²) < 4.78 is 38.3. The highest BCUT2D eigenvalue weighted by Crippen LogP contribution is 2.30. The van der Waals surface area contributed by atoms with Crippen molar-refractivity contribution in [3.05, 3.63) is 30.1 Å². The van der Waals surface area contributed by atoms with Crippen molar-refractivity contribution in [1.29, 1.82) is 0 Å². The Morgan fingerprint density at radius 1 is 1.29 bits per heavy atom. The normalized spacial score (nSPS) is 13.1. The third-order valence-electron chi connectivity index (χ3n) is 2.65. The van der Waals surface area contributed by atoms with E-state index >= 15 is 0 Å². The van der Waals surface area contributed by atoms with E-state index in [1.807, 2.05) is 0 Å². The standard InChI is InChI=1S/C12H10F3N3O3/c13-12(14,15)11-17-7-4-2-1-3-6(7)9(18-11)16-8(5-19)10(20)21/h1-4,8,19H,5H2,(H,20,21)(H,16,17,18)/t8-/m0/s1. The minimum Gasteiger partial charge on any atom is -0.480 e. The molecule has 0 unspecified atom stereocenters. The van der Waals surface area contributed by atoms with Gasteiger partial charge >= 0.3 is 12.1 Å². The van der Waals surface area contributed by atoms with Gasteiger partial charge in [0.2, 0.25) is 5.82 Å². The zero-order valence-electron chi connectivity index (χ0n) is 10.4. The van der Waals surface area contributed by atoms with Crippen molar-refractivity contribution in [1.82, 2.24) is 9.97 Å². The van der Waals surface area contributed by atoms with Crippen LogP contribution in [0.2, 0.25) is 0 Å². The fourth-order valence-electron chi connectivity index (χ4n) is 1.66. The molecule has 2 rings (SSSR count). The van der Waals surface area contributed by atoms with Gasteiger partial charge in [0.25, 0.3) is 0 Å². The molecular weight excluding hydrogens is 291 g/mol. The summed E-state index contributed by atoms with van der Waals surface area (Å²) in [6, 6.07) is 4.39. The minimum absolute atomic E-state index is 0.0180. The Labute approximate surface area is 116 Å². The SMILES string of the molecule is O=C(O)[C@H](CO)Nc1nc(C(F)(F)F)nc2ccccc12. The number of nitrogens with zero attached hydrogens (tertiary/aromatic N) is 2. The molecule has 1 aromatic heterocycles. The number of anilines is 1. The lowest BCUT2D eigenvalue weighted by Gasteiger charge is -2.15. The average molecular weight is 301 g/mol. The second kappa shape index (κ2) is 5.52. The number of rotatable bonds is 4. The first-order valence-corrected chi connectivity index (χ1v) is 5.77. The maximum atomic E-state index is 12.8. The van der Waals surface area contributed by atoms with Crippen LogP contribution in [0.1, 0.15) is 5.82 Å². The maximum absolute atomic E-state index is 12.8. The molecule has 0 aliphatic rings. The number of benzene rings is 1. The van der Waals surface area contributed by atoms with Crippen LogP contribution in [0.5, 0.6) is 0 Å². The Balaban J connectivity index is 2.57. The van der Waals surface area contributed by atoms with E-state index in [1.165, 1.54) is 18.2 Å². The fraction of sp³-hybridized carbons (Fsp3) is 0.250. The summed E-state index contributed by atoms with van der Waals surface area (Å²) >= 11 is 0. The Bertz CT molecular complexity index is 676. The van der Waals surface area contributed by atoms with Crippen molar-refractivity contribution >= 4 is 22.7 Å². The van der Waals surface area contributed by atoms with Crippen molar-refractivity contribution in [2.24, 2.45) is 0 Å². The van der Waals surface area contributed by atoms with Gasteiger partial charge in [-0.25, -0.2) is 14.8 Å². The number of hydrogen-bond donors (Lipinski definition) is 3. The molecule has 0 aliphatic carbocycles. The topological polar surface area (TPSA) is 95.3 Å². The summed E-state index contributed by atoms with van der Waals surface area (Å²) in [5.74, 6) is -3.09. The number of carboxylic acid groups (broad SMARTS) is 1. The molecule has 1 heterocycles. The quantitative estimate of drug-likeness (QED) is 0.792. The highest BCUT2D eigenvalue weighted by molar-refractivity contribution is 5.91. The number of aliphatic carboxylic acids is 1. The van der Waals surface area contributed by atoms with Gasteiger partial charge in [-0.2, -0.15) is 13.2 Å². The molecule has 0 amide bonds. The number of carboxylic acids is 1. The van der Waals surface area contributed by atoms with Gasteiger partial charge in [-0.05, 0) is 12.1 Å². The van der Waals surface area contributed by atoms with Crippen LogP contribution in [0.15, 0.2) is 24.3 Å². The maximum Gasteiger partial charge on any atom is 0.451 e. The van der Waals surface area contributed by atoms with E-state index in [4.69, 9.17) is 10.2 Å². The number of carbonyl (C=O) groups is 1. The first kappa shape index (κ1) is 15.0. The molecule has 0 aliphatic heterocycles. The summed E-state index contributed by atoms with van der Waals surface area (Å²) in [5, 5.41) is 20.3. The van der Waals surface area contributed by atoms with E-state index in [1.54, 1.807) is 6.07 Å². The van der Waals surface area contributed by atoms with Gasteiger partial charge in [0.1, 0.15) is 11.9 Å². The van der Waals surface area contributed by atoms with E-state index in [0.717, 1.165) is 0 Å². The molecule has 0 bridgehead atoms. The van der Waals surface area contributed by atoms with Crippen LogP contribution < -0.4 is 5.32 Å². The van der Waals surface area contributed by atoms with Gasteiger partial charge < -0.3 is 15.5 Å². The van der Waals surface area contributed by atoms with Crippen molar-refractivity contribution in [2.45, 2.75) is 12.2 Å². The van der Waals surface area contributed by atoms with Crippen molar-refractivity contribution < 1.29 is 28.2 Å². The van der Waals surface area contributed by atoms with Crippen LogP contribution >= 0.6 is 0 Å². The molecule has 9 heteroatoms. The van der Waals surface area contributed by atoms with Crippen LogP contribution in [0.4, 0.5) is 19.0 Å². The fourth-order valence-corrected chi connectivity index (χ4v) is 1.66. The van der Waals surface area contributed by atoms with E-state index in [0.29, 0.717) is 0 Å². The van der Waals surface area contributed by atoms with E-state index in [-0.39, 0.29) is 16.7 Å². The van der Waals surface area contributed by atoms with Gasteiger partial charge in [-0.1, -0.05) is 12.1 Å². The van der Waals surface area contributed by atoms with Gasteiger partial charge in [0.15, 0.2) is 0 Å². The number of aliphatic hydroxyl groups is 1. The molecule has 1 atom stereocenters. The molecule has 21 heavy (non-hydrogen) atoms. The summed E-state index contributed by atoms with van der Waals surface area (Å²) in [6.07, 6.45) is -4.77. The highest BCUT2D eigenvalue weighted by Gasteiger charge is 2.35. The number of aromatic nitrogens is 2. The summed E-state index contributed by atoms with van der Waals surface area (Å²) in [4.78, 5) is 17.6. The second-order valence-electron chi connectivity index (χ2n) is 4.13. The molecule has 6 nitrogen and oxygen atoms in total. The first-order chi connectivity index (χ1) is 9.82. The molecule has 0 spiro atoms. The molecule has 0 saturated carbocycles. The highest BCUT2D eigenvalue weighted by atomic mass is 19.4. The van der Waals surface area contributed by atoms with Crippen LogP contribution in [-0.2, 0) is 11.0 Å². The van der Waals surface area contributed by atoms with Crippen LogP contribution in [0.3, 0.4) is 0 Å². The van der Waals surface area contributed by atoms with Crippen molar-refractivity contribution in [2.75, 3.05) is 11.9 Å². The predicted molar refractivity (Wildman–Crippen MR) is 66.7 cm³/mol. The number of para-hydroxylation sites is 1. The van der Waals surface area contributed by atoms with Crippen molar-refractivity contribution in [3.63, 3.8) is 0 Å². The van der Waals surface area contributed by atoms with Gasteiger partial charge in [0.05, 0.1) is 12.1 Å². The molecule has 3 N–H and O–H groups in total. The van der Waals surface area contributed by atoms with E-state index in [9.17, 15) is 18.0 Å². The summed E-state index contributed by atoms with van der Waals surface area (Å²) in [7, 11) is 0. The van der Waals surface area contributed by atoms with E-state index in [2.05, 4.69) is 15.3 Å². The molecule has 0 saturated heterocycles. The Morgan fingerprint density at radius 2 is 1.95 bits per heavy atom. The zero-order valence-corrected chi connectivity index (χ0v) is 10.4. The Hall–Kier alpha value is -2.42. The zero-order chi connectivity index (χ0) is 15.6. The van der Waals surface area contributed by atoms with Gasteiger partial charge in [-0.15, -0.1) is 0 Å². The first-order valence-electron chi connectivity index (χ1n) is 5.77. The molecular formula is C12H10F3N3O3. The number of hydrogen-bond acceptors (Lipinski definition) is 5. The third-order valence-corrected chi connectivity index (χ3v) is 2.65. The van der Waals surface area contributed by atoms with Crippen LogP contribution in [0, 0.1) is 0 Å². The number of alkyl halides is 3. The molecule has 1 aromatic carbocycles. The number of nitrogens with one attached hydrogen (secondary N) is 1. The van der Waals surface area contributed by atoms with Crippen LogP contribution in [0.25, 0.3) is 10.9 Å². The second-order valence-corrected chi connectivity index (χ2v) is 4.13. The smallest absolute Gasteiger partial charge is 0.451 e. The number of fused-ring (bicyclic) bond motifs is 1. The predicted octanol–water partition coefficient (Wildman–Crippen LogP) is 1.51. The minimum atomic E-state index is -4.77. The lowest BCUT2D eigenvalue weighted by molar-refractivity contribution is -0.144. The third kappa shape index (κ3) is 3.19. The summed E-state index contributed by atoms with van der Waals surface area (Å²) in [6.45, 7) is -0.797. The lowest BCUT2D eigenvalue weighted by Crippen LogP contribution is -2.33. The van der Waals surface area contributed by atoms with Crippen molar-refractivity contribution in [3.8, 4) is 0 Å².